The highest BCUT2D eigenvalue weighted by Gasteiger charge is 2.31. The van der Waals surface area contributed by atoms with Crippen LogP contribution in [0, 0.1) is 5.92 Å². The number of aliphatic hydroxyl groups is 1. The summed E-state index contributed by atoms with van der Waals surface area (Å²) in [7, 11) is 0. The predicted octanol–water partition coefficient (Wildman–Crippen LogP) is 2.79. The number of β-amino-alcohol motifs (C(OH)–C–C–N with tert-alkyl or cyclic N) is 1. The molecule has 2 aromatic heterocycles. The largest absolute Gasteiger partial charge is 0.423 e. The van der Waals surface area contributed by atoms with Gasteiger partial charge in [0, 0.05) is 49.4 Å². The van der Waals surface area contributed by atoms with E-state index < -0.39 is 0 Å². The van der Waals surface area contributed by atoms with Crippen molar-refractivity contribution in [1.82, 2.24) is 9.88 Å². The smallest absolute Gasteiger partial charge is 0.336 e. The minimum Gasteiger partial charge on any atom is -0.423 e. The van der Waals surface area contributed by atoms with Crippen molar-refractivity contribution in [3.63, 3.8) is 0 Å². The first kappa shape index (κ1) is 17.9. The number of fused-ring (bicyclic) bond motifs is 1. The number of nitrogens with zero attached hydrogens (tertiary/aromatic N) is 2. The van der Waals surface area contributed by atoms with E-state index in [0.717, 1.165) is 30.3 Å². The molecule has 140 valence electrons. The first-order valence-electron chi connectivity index (χ1n) is 9.47. The zero-order valence-electron chi connectivity index (χ0n) is 15.5. The van der Waals surface area contributed by atoms with Gasteiger partial charge in [0.2, 0.25) is 0 Å². The van der Waals surface area contributed by atoms with Crippen LogP contribution >= 0.6 is 0 Å². The third-order valence-corrected chi connectivity index (χ3v) is 5.42. The normalized spacial score (nSPS) is 20.4. The molecule has 0 amide bonds. The molecule has 2 atom stereocenters. The van der Waals surface area contributed by atoms with Crippen molar-refractivity contribution in [3.8, 4) is 0 Å². The molecular formula is C22H24N2O3. The van der Waals surface area contributed by atoms with Crippen molar-refractivity contribution in [2.24, 2.45) is 5.92 Å². The van der Waals surface area contributed by atoms with E-state index in [1.165, 1.54) is 11.1 Å². The highest BCUT2D eigenvalue weighted by Crippen LogP contribution is 2.26. The van der Waals surface area contributed by atoms with E-state index in [1.807, 2.05) is 24.3 Å². The molecule has 0 radical (unpaired) electrons. The zero-order valence-corrected chi connectivity index (χ0v) is 15.5. The van der Waals surface area contributed by atoms with E-state index in [2.05, 4.69) is 22.9 Å². The molecule has 0 unspecified atom stereocenters. The van der Waals surface area contributed by atoms with Gasteiger partial charge < -0.3 is 9.52 Å². The van der Waals surface area contributed by atoms with Gasteiger partial charge in [0.05, 0.1) is 6.10 Å². The summed E-state index contributed by atoms with van der Waals surface area (Å²) in [6, 6.07) is 11.6. The van der Waals surface area contributed by atoms with Gasteiger partial charge >= 0.3 is 5.63 Å². The minimum absolute atomic E-state index is 0.185. The van der Waals surface area contributed by atoms with Crippen LogP contribution in [-0.4, -0.2) is 34.2 Å². The summed E-state index contributed by atoms with van der Waals surface area (Å²) in [5.41, 5.74) is 3.68. The van der Waals surface area contributed by atoms with Gasteiger partial charge in [-0.3, -0.25) is 9.88 Å². The summed E-state index contributed by atoms with van der Waals surface area (Å²) < 4.78 is 5.36. The van der Waals surface area contributed by atoms with E-state index >= 15 is 0 Å². The summed E-state index contributed by atoms with van der Waals surface area (Å²) in [5, 5.41) is 11.5. The van der Waals surface area contributed by atoms with Gasteiger partial charge in [0.15, 0.2) is 0 Å². The molecule has 4 rings (SSSR count). The van der Waals surface area contributed by atoms with Crippen LogP contribution in [0.5, 0.6) is 0 Å². The Kier molecular flexibility index (Phi) is 5.05. The van der Waals surface area contributed by atoms with Gasteiger partial charge in [0.1, 0.15) is 5.58 Å². The van der Waals surface area contributed by atoms with Crippen molar-refractivity contribution in [3.05, 3.63) is 75.9 Å². The van der Waals surface area contributed by atoms with E-state index in [9.17, 15) is 9.90 Å². The lowest BCUT2D eigenvalue weighted by Crippen LogP contribution is -2.22. The number of likely N-dealkylation sites (tertiary alicyclic amines) is 1. The maximum Gasteiger partial charge on any atom is 0.336 e. The van der Waals surface area contributed by atoms with E-state index in [-0.39, 0.29) is 17.6 Å². The van der Waals surface area contributed by atoms with Crippen molar-refractivity contribution >= 4 is 11.0 Å². The maximum absolute atomic E-state index is 12.0. The van der Waals surface area contributed by atoms with Crippen LogP contribution < -0.4 is 5.63 Å². The van der Waals surface area contributed by atoms with Gasteiger partial charge in [-0.2, -0.15) is 0 Å². The average molecular weight is 364 g/mol. The summed E-state index contributed by atoms with van der Waals surface area (Å²) in [5.74, 6) is 0.185. The number of rotatable bonds is 5. The monoisotopic (exact) mass is 364 g/mol. The number of pyridine rings is 1. The SMILES string of the molecule is CCc1ccc2oc(=O)cc(CN3C[C@@H](Cc4ccncc4)[C@@H](O)C3)c2c1. The Labute approximate surface area is 158 Å². The molecule has 1 aliphatic rings. The predicted molar refractivity (Wildman–Crippen MR) is 105 cm³/mol. The zero-order chi connectivity index (χ0) is 18.8. The number of aromatic nitrogens is 1. The van der Waals surface area contributed by atoms with Gasteiger partial charge in [-0.25, -0.2) is 4.79 Å². The lowest BCUT2D eigenvalue weighted by atomic mass is 9.97. The first-order valence-corrected chi connectivity index (χ1v) is 9.47. The molecule has 0 bridgehead atoms. The van der Waals surface area contributed by atoms with E-state index in [1.54, 1.807) is 18.5 Å². The molecule has 1 fully saturated rings. The second-order valence-corrected chi connectivity index (χ2v) is 7.36. The summed E-state index contributed by atoms with van der Waals surface area (Å²) in [4.78, 5) is 18.2. The second-order valence-electron chi connectivity index (χ2n) is 7.36. The molecule has 1 saturated heterocycles. The Morgan fingerprint density at radius 1 is 1.15 bits per heavy atom. The molecule has 0 saturated carbocycles. The number of benzene rings is 1. The highest BCUT2D eigenvalue weighted by molar-refractivity contribution is 5.80. The van der Waals surface area contributed by atoms with Crippen LogP contribution in [0.15, 0.2) is 58.0 Å². The fourth-order valence-corrected chi connectivity index (χ4v) is 3.96. The van der Waals surface area contributed by atoms with Gasteiger partial charge in [-0.1, -0.05) is 13.0 Å². The van der Waals surface area contributed by atoms with Gasteiger partial charge in [0.25, 0.3) is 0 Å². The summed E-state index contributed by atoms with van der Waals surface area (Å²) in [6.45, 7) is 4.17. The average Bonchev–Trinajstić information content (AvgIpc) is 3.01. The van der Waals surface area contributed by atoms with E-state index in [0.29, 0.717) is 18.7 Å². The molecule has 5 heteroatoms. The van der Waals surface area contributed by atoms with Crippen LogP contribution in [-0.2, 0) is 19.4 Å². The molecule has 27 heavy (non-hydrogen) atoms. The fourth-order valence-electron chi connectivity index (χ4n) is 3.96. The molecule has 0 spiro atoms. The third kappa shape index (κ3) is 3.94. The number of aryl methyl sites for hydroxylation is 1. The first-order chi connectivity index (χ1) is 13.1. The minimum atomic E-state index is -0.365. The number of aliphatic hydroxyl groups excluding tert-OH is 1. The molecule has 3 aromatic rings. The Balaban J connectivity index is 1.55. The third-order valence-electron chi connectivity index (χ3n) is 5.42. The van der Waals surface area contributed by atoms with Crippen molar-refractivity contribution in [1.29, 1.82) is 0 Å². The molecule has 1 aliphatic heterocycles. The number of hydrogen-bond acceptors (Lipinski definition) is 5. The molecule has 3 heterocycles. The molecule has 0 aliphatic carbocycles. The van der Waals surface area contributed by atoms with Crippen molar-refractivity contribution < 1.29 is 9.52 Å². The lowest BCUT2D eigenvalue weighted by Gasteiger charge is -2.17. The maximum atomic E-state index is 12.0. The molecule has 1 aromatic carbocycles. The summed E-state index contributed by atoms with van der Waals surface area (Å²) in [6.07, 6.45) is 4.98. The summed E-state index contributed by atoms with van der Waals surface area (Å²) >= 11 is 0. The molecule has 1 N–H and O–H groups in total. The van der Waals surface area contributed by atoms with Crippen LogP contribution in [0.2, 0.25) is 0 Å². The molecular weight excluding hydrogens is 340 g/mol. The van der Waals surface area contributed by atoms with Crippen LogP contribution in [0.25, 0.3) is 11.0 Å². The van der Waals surface area contributed by atoms with Crippen LogP contribution in [0.3, 0.4) is 0 Å². The topological polar surface area (TPSA) is 66.6 Å². The van der Waals surface area contributed by atoms with Crippen molar-refractivity contribution in [2.45, 2.75) is 32.4 Å². The number of hydrogen-bond donors (Lipinski definition) is 1. The lowest BCUT2D eigenvalue weighted by molar-refractivity contribution is 0.141. The highest BCUT2D eigenvalue weighted by atomic mass is 16.4. The second kappa shape index (κ2) is 7.62. The van der Waals surface area contributed by atoms with Gasteiger partial charge in [-0.15, -0.1) is 0 Å². The van der Waals surface area contributed by atoms with Crippen molar-refractivity contribution in [2.75, 3.05) is 13.1 Å². The Morgan fingerprint density at radius 2 is 1.96 bits per heavy atom. The Hall–Kier alpha value is -2.50. The van der Waals surface area contributed by atoms with Crippen LogP contribution in [0.1, 0.15) is 23.6 Å². The Bertz CT molecular complexity index is 984. The Morgan fingerprint density at radius 3 is 2.74 bits per heavy atom. The van der Waals surface area contributed by atoms with Crippen LogP contribution in [0.4, 0.5) is 0 Å². The van der Waals surface area contributed by atoms with Gasteiger partial charge in [-0.05, 0) is 53.8 Å². The standard InChI is InChI=1S/C22H24N2O3/c1-2-15-3-4-21-19(10-15)17(11-22(26)27-21)12-24-13-18(20(25)14-24)9-16-5-7-23-8-6-16/h3-8,10-11,18,20,25H,2,9,12-14H2,1H3/t18-,20+/m1/s1. The fraction of sp³-hybridized carbons (Fsp3) is 0.364. The molecule has 5 nitrogen and oxygen atoms in total. The van der Waals surface area contributed by atoms with E-state index in [4.69, 9.17) is 4.42 Å². The quantitative estimate of drug-likeness (QED) is 0.705.